The monoisotopic (exact) mass is 231 g/mol. The van der Waals surface area contributed by atoms with Crippen LogP contribution in [0.4, 0.5) is 0 Å². The SMILES string of the molecule is c1cc(C2CCC2)nc(CC2CCCNC2)n1. The average Bonchev–Trinajstić information content (AvgIpc) is 2.28. The maximum absolute atomic E-state index is 4.75. The standard InChI is InChI=1S/C14H21N3/c1-4-12(5-1)13-6-8-16-14(17-13)9-11-3-2-7-15-10-11/h6,8,11-12,15H,1-5,7,9-10H2. The zero-order valence-electron chi connectivity index (χ0n) is 10.4. The van der Waals surface area contributed by atoms with Crippen LogP contribution in [0.2, 0.25) is 0 Å². The number of hydrogen-bond acceptors (Lipinski definition) is 3. The Bertz CT molecular complexity index is 367. The van der Waals surface area contributed by atoms with Crippen LogP contribution in [0.15, 0.2) is 12.3 Å². The third kappa shape index (κ3) is 2.65. The smallest absolute Gasteiger partial charge is 0.128 e. The van der Waals surface area contributed by atoms with Crippen molar-refractivity contribution in [2.24, 2.45) is 5.92 Å². The first kappa shape index (κ1) is 11.1. The van der Waals surface area contributed by atoms with E-state index < -0.39 is 0 Å². The lowest BCUT2D eigenvalue weighted by Crippen LogP contribution is -2.31. The molecule has 3 nitrogen and oxygen atoms in total. The molecule has 3 rings (SSSR count). The lowest BCUT2D eigenvalue weighted by atomic mass is 9.83. The van der Waals surface area contributed by atoms with E-state index in [9.17, 15) is 0 Å². The molecule has 92 valence electrons. The fraction of sp³-hybridized carbons (Fsp3) is 0.714. The zero-order valence-corrected chi connectivity index (χ0v) is 10.4. The van der Waals surface area contributed by atoms with Crippen molar-refractivity contribution < 1.29 is 0 Å². The van der Waals surface area contributed by atoms with Crippen molar-refractivity contribution in [2.75, 3.05) is 13.1 Å². The van der Waals surface area contributed by atoms with Gasteiger partial charge in [0.25, 0.3) is 0 Å². The second kappa shape index (κ2) is 5.13. The van der Waals surface area contributed by atoms with E-state index in [1.54, 1.807) is 0 Å². The minimum absolute atomic E-state index is 0.723. The van der Waals surface area contributed by atoms with Crippen LogP contribution in [0.1, 0.15) is 49.5 Å². The van der Waals surface area contributed by atoms with E-state index in [4.69, 9.17) is 4.98 Å². The molecule has 0 amide bonds. The number of piperidine rings is 1. The molecule has 1 atom stereocenters. The minimum Gasteiger partial charge on any atom is -0.316 e. The third-order valence-electron chi connectivity index (χ3n) is 4.12. The molecule has 2 fully saturated rings. The van der Waals surface area contributed by atoms with E-state index in [1.807, 2.05) is 6.20 Å². The molecule has 0 spiro atoms. The van der Waals surface area contributed by atoms with Crippen LogP contribution in [0, 0.1) is 5.92 Å². The molecule has 17 heavy (non-hydrogen) atoms. The molecular weight excluding hydrogens is 210 g/mol. The van der Waals surface area contributed by atoms with Crippen LogP contribution >= 0.6 is 0 Å². The molecule has 3 heteroatoms. The van der Waals surface area contributed by atoms with Gasteiger partial charge in [-0.05, 0) is 50.8 Å². The summed E-state index contributed by atoms with van der Waals surface area (Å²) in [5.74, 6) is 2.52. The van der Waals surface area contributed by atoms with Gasteiger partial charge in [0.2, 0.25) is 0 Å². The van der Waals surface area contributed by atoms with Crippen LogP contribution in [-0.2, 0) is 6.42 Å². The van der Waals surface area contributed by atoms with Gasteiger partial charge in [-0.2, -0.15) is 0 Å². The molecule has 1 aliphatic carbocycles. The Morgan fingerprint density at radius 1 is 1.24 bits per heavy atom. The summed E-state index contributed by atoms with van der Waals surface area (Å²) in [4.78, 5) is 9.19. The van der Waals surface area contributed by atoms with E-state index in [0.717, 1.165) is 30.6 Å². The molecule has 1 aromatic heterocycles. The lowest BCUT2D eigenvalue weighted by molar-refractivity contribution is 0.367. The van der Waals surface area contributed by atoms with Gasteiger partial charge in [-0.25, -0.2) is 9.97 Å². The fourth-order valence-electron chi connectivity index (χ4n) is 2.80. The van der Waals surface area contributed by atoms with Gasteiger partial charge in [0.05, 0.1) is 0 Å². The van der Waals surface area contributed by atoms with Crippen LogP contribution in [0.25, 0.3) is 0 Å². The summed E-state index contributed by atoms with van der Waals surface area (Å²) in [5, 5.41) is 3.46. The normalized spacial score (nSPS) is 25.5. The molecule has 1 N–H and O–H groups in total. The number of nitrogens with one attached hydrogen (secondary N) is 1. The Labute approximate surface area is 103 Å². The topological polar surface area (TPSA) is 37.8 Å². The first-order valence-electron chi connectivity index (χ1n) is 6.94. The Hall–Kier alpha value is -0.960. The summed E-state index contributed by atoms with van der Waals surface area (Å²) in [6.45, 7) is 2.32. The summed E-state index contributed by atoms with van der Waals surface area (Å²) in [7, 11) is 0. The van der Waals surface area contributed by atoms with Gasteiger partial charge in [-0.3, -0.25) is 0 Å². The van der Waals surface area contributed by atoms with Crippen molar-refractivity contribution >= 4 is 0 Å². The summed E-state index contributed by atoms with van der Waals surface area (Å²) in [6.07, 6.45) is 9.64. The molecule has 1 unspecified atom stereocenters. The number of nitrogens with zero attached hydrogens (tertiary/aromatic N) is 2. The van der Waals surface area contributed by atoms with Crippen LogP contribution < -0.4 is 5.32 Å². The molecule has 1 aromatic rings. The predicted octanol–water partition coefficient (Wildman–Crippen LogP) is 2.29. The summed E-state index contributed by atoms with van der Waals surface area (Å²) >= 11 is 0. The van der Waals surface area contributed by atoms with Gasteiger partial charge in [-0.15, -0.1) is 0 Å². The molecule has 2 aliphatic rings. The largest absolute Gasteiger partial charge is 0.316 e. The number of rotatable bonds is 3. The predicted molar refractivity (Wildman–Crippen MR) is 67.9 cm³/mol. The van der Waals surface area contributed by atoms with E-state index in [0.29, 0.717) is 0 Å². The third-order valence-corrected chi connectivity index (χ3v) is 4.12. The van der Waals surface area contributed by atoms with Crippen LogP contribution in [0.5, 0.6) is 0 Å². The second-order valence-corrected chi connectivity index (χ2v) is 5.44. The number of hydrogen-bond donors (Lipinski definition) is 1. The van der Waals surface area contributed by atoms with E-state index >= 15 is 0 Å². The van der Waals surface area contributed by atoms with Crippen LogP contribution in [0.3, 0.4) is 0 Å². The Balaban J connectivity index is 1.65. The van der Waals surface area contributed by atoms with Gasteiger partial charge in [-0.1, -0.05) is 6.42 Å². The van der Waals surface area contributed by atoms with Crippen molar-refractivity contribution in [2.45, 2.75) is 44.4 Å². The van der Waals surface area contributed by atoms with Gasteiger partial charge in [0, 0.05) is 24.2 Å². The highest BCUT2D eigenvalue weighted by Crippen LogP contribution is 2.35. The van der Waals surface area contributed by atoms with Crippen molar-refractivity contribution in [1.82, 2.24) is 15.3 Å². The molecule has 0 bridgehead atoms. The van der Waals surface area contributed by atoms with Crippen molar-refractivity contribution in [3.63, 3.8) is 0 Å². The molecule has 1 aliphatic heterocycles. The molecule has 1 saturated carbocycles. The van der Waals surface area contributed by atoms with E-state index in [1.165, 1.54) is 44.3 Å². The van der Waals surface area contributed by atoms with Crippen molar-refractivity contribution in [3.8, 4) is 0 Å². The van der Waals surface area contributed by atoms with Gasteiger partial charge in [0.1, 0.15) is 5.82 Å². The molecule has 0 radical (unpaired) electrons. The maximum atomic E-state index is 4.75. The summed E-state index contributed by atoms with van der Waals surface area (Å²) in [6, 6.07) is 2.10. The van der Waals surface area contributed by atoms with E-state index in [-0.39, 0.29) is 0 Å². The maximum Gasteiger partial charge on any atom is 0.128 e. The lowest BCUT2D eigenvalue weighted by Gasteiger charge is -2.25. The van der Waals surface area contributed by atoms with Gasteiger partial charge < -0.3 is 5.32 Å². The van der Waals surface area contributed by atoms with E-state index in [2.05, 4.69) is 16.4 Å². The quantitative estimate of drug-likeness (QED) is 0.867. The Morgan fingerprint density at radius 3 is 2.88 bits per heavy atom. The molecule has 2 heterocycles. The van der Waals surface area contributed by atoms with Crippen molar-refractivity contribution in [1.29, 1.82) is 0 Å². The summed E-state index contributed by atoms with van der Waals surface area (Å²) in [5.41, 5.74) is 1.28. The molecular formula is C14H21N3. The fourth-order valence-corrected chi connectivity index (χ4v) is 2.80. The highest BCUT2D eigenvalue weighted by molar-refractivity contribution is 5.11. The Kier molecular flexibility index (Phi) is 3.36. The Morgan fingerprint density at radius 2 is 2.18 bits per heavy atom. The first-order chi connectivity index (χ1) is 8.42. The van der Waals surface area contributed by atoms with Crippen LogP contribution in [-0.4, -0.2) is 23.1 Å². The highest BCUT2D eigenvalue weighted by atomic mass is 14.9. The minimum atomic E-state index is 0.723. The molecule has 1 saturated heterocycles. The second-order valence-electron chi connectivity index (χ2n) is 5.44. The molecule has 0 aromatic carbocycles. The van der Waals surface area contributed by atoms with Gasteiger partial charge in [0.15, 0.2) is 0 Å². The highest BCUT2D eigenvalue weighted by Gasteiger charge is 2.22. The zero-order chi connectivity index (χ0) is 11.5. The van der Waals surface area contributed by atoms with Crippen molar-refractivity contribution in [3.05, 3.63) is 23.8 Å². The number of aromatic nitrogens is 2. The van der Waals surface area contributed by atoms with Gasteiger partial charge >= 0.3 is 0 Å². The first-order valence-corrected chi connectivity index (χ1v) is 6.94. The summed E-state index contributed by atoms with van der Waals surface area (Å²) < 4.78 is 0. The average molecular weight is 231 g/mol.